The number of esters is 2. The molecule has 0 radical (unpaired) electrons. The number of aromatic amines is 1. The van der Waals surface area contributed by atoms with E-state index in [0.717, 1.165) is 36.0 Å². The van der Waals surface area contributed by atoms with Crippen LogP contribution in [0.1, 0.15) is 112 Å². The third-order valence-electron chi connectivity index (χ3n) is 10.2. The average molecular weight is 881 g/mol. The number of alkyl halides is 6. The van der Waals surface area contributed by atoms with E-state index in [1.165, 1.54) is 24.3 Å². The summed E-state index contributed by atoms with van der Waals surface area (Å²) in [6, 6.07) is 18.6. The van der Waals surface area contributed by atoms with Gasteiger partial charge in [-0.1, -0.05) is 30.3 Å². The second-order valence-corrected chi connectivity index (χ2v) is 14.5. The summed E-state index contributed by atoms with van der Waals surface area (Å²) in [5.74, 6) is -2.59. The van der Waals surface area contributed by atoms with Gasteiger partial charge in [-0.15, -0.1) is 0 Å². The summed E-state index contributed by atoms with van der Waals surface area (Å²) in [6.45, 7) is 3.65. The van der Waals surface area contributed by atoms with Crippen LogP contribution in [-0.2, 0) is 28.4 Å². The molecule has 3 aromatic carbocycles. The molecule has 0 saturated carbocycles. The molecule has 0 amide bonds. The number of pyridine rings is 2. The van der Waals surface area contributed by atoms with Crippen molar-refractivity contribution in [1.29, 1.82) is 0 Å². The zero-order chi connectivity index (χ0) is 45.5. The third kappa shape index (κ3) is 11.3. The van der Waals surface area contributed by atoms with Crippen molar-refractivity contribution in [2.24, 2.45) is 0 Å². The van der Waals surface area contributed by atoms with Crippen molar-refractivity contribution >= 4 is 34.2 Å². The highest BCUT2D eigenvalue weighted by atomic mass is 19.4. The Kier molecular flexibility index (Phi) is 14.3. The molecule has 63 heavy (non-hydrogen) atoms. The number of H-pyrrole nitrogens is 1. The molecule has 8 nitrogen and oxygen atoms in total. The summed E-state index contributed by atoms with van der Waals surface area (Å²) < 4.78 is 124. The topological polar surface area (TPSA) is 108 Å². The van der Waals surface area contributed by atoms with Crippen LogP contribution in [0.15, 0.2) is 96.1 Å². The fourth-order valence-electron chi connectivity index (χ4n) is 7.45. The second kappa shape index (κ2) is 19.6. The van der Waals surface area contributed by atoms with Gasteiger partial charge in [0, 0.05) is 23.5 Å². The van der Waals surface area contributed by atoms with Gasteiger partial charge in [0.1, 0.15) is 18.2 Å². The maximum atomic E-state index is 14.4. The Morgan fingerprint density at radius 1 is 0.651 bits per heavy atom. The summed E-state index contributed by atoms with van der Waals surface area (Å²) in [6.07, 6.45) is -4.75. The first-order valence-corrected chi connectivity index (χ1v) is 19.9. The van der Waals surface area contributed by atoms with Crippen molar-refractivity contribution in [2.75, 3.05) is 13.2 Å². The quantitative estimate of drug-likeness (QED) is 0.104. The summed E-state index contributed by atoms with van der Waals surface area (Å²) >= 11 is 0. The van der Waals surface area contributed by atoms with Crippen LogP contribution in [-0.4, -0.2) is 35.1 Å². The largest absolute Gasteiger partial charge is 0.472 e. The van der Waals surface area contributed by atoms with Crippen LogP contribution in [0, 0.1) is 11.6 Å². The minimum Gasteiger partial charge on any atom is -0.472 e. The first kappa shape index (κ1) is 45.9. The van der Waals surface area contributed by atoms with E-state index in [1.807, 2.05) is 30.3 Å². The van der Waals surface area contributed by atoms with Gasteiger partial charge >= 0.3 is 24.3 Å². The van der Waals surface area contributed by atoms with Crippen LogP contribution < -0.4 is 10.3 Å². The lowest BCUT2D eigenvalue weighted by molar-refractivity contribution is -0.138. The Morgan fingerprint density at radius 2 is 1.14 bits per heavy atom. The molecule has 2 heterocycles. The van der Waals surface area contributed by atoms with Crippen molar-refractivity contribution < 1.29 is 58.9 Å². The normalized spacial score (nSPS) is 14.1. The zero-order valence-corrected chi connectivity index (χ0v) is 33.9. The lowest BCUT2D eigenvalue weighted by Gasteiger charge is -2.16. The van der Waals surface area contributed by atoms with Crippen LogP contribution in [0.2, 0.25) is 0 Å². The summed E-state index contributed by atoms with van der Waals surface area (Å²) in [4.78, 5) is 42.4. The molecule has 5 aromatic rings. The van der Waals surface area contributed by atoms with E-state index in [9.17, 15) is 49.5 Å². The molecule has 2 aliphatic rings. The Bertz CT molecular complexity index is 2620. The molecule has 0 atom stereocenters. The molecule has 7 rings (SSSR count). The van der Waals surface area contributed by atoms with Crippen LogP contribution in [0.25, 0.3) is 22.3 Å². The average Bonchev–Trinajstić information content (AvgIpc) is 3.94. The predicted octanol–water partition coefficient (Wildman–Crippen LogP) is 11.9. The van der Waals surface area contributed by atoms with E-state index in [4.69, 9.17) is 14.2 Å². The molecule has 0 fully saturated rings. The molecule has 2 aliphatic carbocycles. The molecular weight excluding hydrogens is 841 g/mol. The number of carbonyl (C=O) groups excluding carboxylic acids is 2. The number of rotatable bonds is 11. The molecule has 1 N–H and O–H groups in total. The number of benzene rings is 3. The van der Waals surface area contributed by atoms with Gasteiger partial charge in [0.05, 0.1) is 35.5 Å². The molecule has 330 valence electrons. The van der Waals surface area contributed by atoms with Gasteiger partial charge in [-0.2, -0.15) is 26.3 Å². The maximum Gasteiger partial charge on any atom is 0.417 e. The lowest BCUT2D eigenvalue weighted by Crippen LogP contribution is -2.16. The van der Waals surface area contributed by atoms with Gasteiger partial charge in [-0.25, -0.2) is 23.4 Å². The highest BCUT2D eigenvalue weighted by Gasteiger charge is 2.34. The molecule has 0 aliphatic heterocycles. The Morgan fingerprint density at radius 3 is 1.65 bits per heavy atom. The fraction of sp³-hybridized carbons (Fsp3) is 0.277. The Balaban J connectivity index is 0.000000215. The minimum atomic E-state index is -4.60. The molecule has 0 spiro atoms. The fourth-order valence-corrected chi connectivity index (χ4v) is 7.45. The zero-order valence-electron chi connectivity index (χ0n) is 33.9. The van der Waals surface area contributed by atoms with E-state index in [1.54, 1.807) is 13.8 Å². The summed E-state index contributed by atoms with van der Waals surface area (Å²) in [5.41, 5.74) is 1.49. The van der Waals surface area contributed by atoms with Crippen LogP contribution >= 0.6 is 0 Å². The molecule has 0 saturated heterocycles. The Hall–Kier alpha value is -6.58. The second-order valence-electron chi connectivity index (χ2n) is 14.5. The van der Waals surface area contributed by atoms with E-state index in [0.29, 0.717) is 78.1 Å². The van der Waals surface area contributed by atoms with Crippen molar-refractivity contribution in [3.8, 4) is 5.88 Å². The molecule has 2 aromatic heterocycles. The molecule has 0 bridgehead atoms. The smallest absolute Gasteiger partial charge is 0.417 e. The molecule has 16 heteroatoms. The van der Waals surface area contributed by atoms with Gasteiger partial charge in [0.2, 0.25) is 5.88 Å². The number of hydrogen-bond donors (Lipinski definition) is 1. The van der Waals surface area contributed by atoms with Gasteiger partial charge in [-0.05, 0) is 140 Å². The van der Waals surface area contributed by atoms with E-state index < -0.39 is 52.6 Å². The monoisotopic (exact) mass is 880 g/mol. The number of halogens is 8. The number of carbonyl (C=O) groups is 2. The van der Waals surface area contributed by atoms with Crippen molar-refractivity contribution in [3.05, 3.63) is 163 Å². The van der Waals surface area contributed by atoms with Crippen LogP contribution in [0.5, 0.6) is 5.88 Å². The first-order chi connectivity index (χ1) is 30.0. The first-order valence-electron chi connectivity index (χ1n) is 19.9. The van der Waals surface area contributed by atoms with Gasteiger partial charge < -0.3 is 19.2 Å². The standard InChI is InChI=1S/C27H23F4NO3.C20H17F4NO3/c1-2-34-26(33)19-11-18(12-21(28)13-19)22-9-6-10-23(22)24-14-20(27(29,30)31)15-32-25(24)35-16-17-7-4-3-5-8-17;1-2-28-19(27)12-6-11(7-14(21)8-12)15-4-3-5-16(15)17-9-13(20(22,23)24)10-25-18(17)26/h3-5,7-8,11-15H,2,6,9-10,16H2,1H3;6-10H,2-5H2,1H3,(H,25,26). The van der Waals surface area contributed by atoms with E-state index >= 15 is 0 Å². The number of ether oxygens (including phenoxy) is 3. The van der Waals surface area contributed by atoms with Gasteiger partial charge in [0.15, 0.2) is 0 Å². The summed E-state index contributed by atoms with van der Waals surface area (Å²) in [7, 11) is 0. The molecular formula is C47H40F8N2O6. The van der Waals surface area contributed by atoms with Gasteiger partial charge in [-0.3, -0.25) is 4.79 Å². The highest BCUT2D eigenvalue weighted by Crippen LogP contribution is 2.45. The van der Waals surface area contributed by atoms with Crippen molar-refractivity contribution in [3.63, 3.8) is 0 Å². The van der Waals surface area contributed by atoms with Gasteiger partial charge in [0.25, 0.3) is 5.56 Å². The summed E-state index contributed by atoms with van der Waals surface area (Å²) in [5, 5.41) is 0. The SMILES string of the molecule is CCOC(=O)c1cc(F)cc(C2=C(c3cc(C(F)(F)F)c[nH]c3=O)CCC2)c1.CCOC(=O)c1cc(F)cc(C2=C(c3cc(C(F)(F)F)cnc3OCc3ccccc3)CCC2)c1. The van der Waals surface area contributed by atoms with Crippen molar-refractivity contribution in [1.82, 2.24) is 9.97 Å². The van der Waals surface area contributed by atoms with Crippen LogP contribution in [0.4, 0.5) is 35.1 Å². The number of nitrogens with one attached hydrogen (secondary N) is 1. The predicted molar refractivity (Wildman–Crippen MR) is 218 cm³/mol. The maximum absolute atomic E-state index is 14.4. The number of nitrogens with zero attached hydrogens (tertiary/aromatic N) is 1. The lowest BCUT2D eigenvalue weighted by atomic mass is 9.95. The highest BCUT2D eigenvalue weighted by molar-refractivity contribution is 5.97. The third-order valence-corrected chi connectivity index (χ3v) is 10.2. The minimum absolute atomic E-state index is 0.00792. The number of allylic oxidation sites excluding steroid dienone is 4. The van der Waals surface area contributed by atoms with E-state index in [-0.39, 0.29) is 48.0 Å². The molecule has 0 unspecified atom stereocenters. The number of hydrogen-bond acceptors (Lipinski definition) is 7. The van der Waals surface area contributed by atoms with Crippen molar-refractivity contribution in [2.45, 2.75) is 71.3 Å². The Labute approximate surface area is 356 Å². The number of aromatic nitrogens is 2. The van der Waals surface area contributed by atoms with Crippen LogP contribution in [0.3, 0.4) is 0 Å². The van der Waals surface area contributed by atoms with E-state index in [2.05, 4.69) is 9.97 Å².